The number of halogens is 2. The monoisotopic (exact) mass is 597 g/mol. The molecule has 0 radical (unpaired) electrons. The molecule has 1 aliphatic heterocycles. The number of carbonyl (C=O) groups excluding carboxylic acids is 2. The molecule has 0 N–H and O–H groups in total. The largest absolute Gasteiger partial charge is 0.490 e. The zero-order valence-electron chi connectivity index (χ0n) is 16.0. The number of carbonyl (C=O) groups is 2. The number of rotatable bonds is 7. The maximum Gasteiger partial charge on any atom is 0.294 e. The number of nitrogens with zero attached hydrogens (tertiary/aromatic N) is 1. The van der Waals surface area contributed by atoms with Gasteiger partial charge < -0.3 is 9.47 Å². The summed E-state index contributed by atoms with van der Waals surface area (Å²) in [4.78, 5) is 25.8. The fourth-order valence-electron chi connectivity index (χ4n) is 2.69. The SMILES string of the molecule is C#CCN1C(=O)S/C(=C/c2cc(Br)c(OCc3ccc(I)cc3)c(OCC)c2)C1=O. The van der Waals surface area contributed by atoms with Crippen molar-refractivity contribution in [1.29, 1.82) is 0 Å². The molecule has 154 valence electrons. The van der Waals surface area contributed by atoms with E-state index in [2.05, 4.69) is 44.4 Å². The molecular formula is C22H17BrINO4S. The van der Waals surface area contributed by atoms with Crippen LogP contribution in [0.1, 0.15) is 18.1 Å². The predicted octanol–water partition coefficient (Wildman–Crippen LogP) is 5.70. The summed E-state index contributed by atoms with van der Waals surface area (Å²) in [7, 11) is 0. The molecular weight excluding hydrogens is 581 g/mol. The van der Waals surface area contributed by atoms with Crippen molar-refractivity contribution in [2.75, 3.05) is 13.2 Å². The second-order valence-corrected chi connectivity index (χ2v) is 9.24. The van der Waals surface area contributed by atoms with E-state index < -0.39 is 5.91 Å². The molecule has 0 unspecified atom stereocenters. The second-order valence-electron chi connectivity index (χ2n) is 6.15. The van der Waals surface area contributed by atoms with Crippen molar-refractivity contribution < 1.29 is 19.1 Å². The van der Waals surface area contributed by atoms with E-state index in [-0.39, 0.29) is 11.8 Å². The summed E-state index contributed by atoms with van der Waals surface area (Å²) in [6.45, 7) is 2.68. The number of hydrogen-bond donors (Lipinski definition) is 0. The van der Waals surface area contributed by atoms with Gasteiger partial charge in [0.25, 0.3) is 11.1 Å². The average Bonchev–Trinajstić information content (AvgIpc) is 2.97. The van der Waals surface area contributed by atoms with Gasteiger partial charge in [0.2, 0.25) is 0 Å². The van der Waals surface area contributed by atoms with Gasteiger partial charge in [0, 0.05) is 3.57 Å². The Morgan fingerprint density at radius 2 is 1.97 bits per heavy atom. The third kappa shape index (κ3) is 5.39. The van der Waals surface area contributed by atoms with Crippen LogP contribution in [0.25, 0.3) is 6.08 Å². The van der Waals surface area contributed by atoms with E-state index >= 15 is 0 Å². The Bertz CT molecular complexity index is 1050. The smallest absolute Gasteiger partial charge is 0.294 e. The first-order chi connectivity index (χ1) is 14.4. The molecule has 30 heavy (non-hydrogen) atoms. The lowest BCUT2D eigenvalue weighted by atomic mass is 10.1. The summed E-state index contributed by atoms with van der Waals surface area (Å²) in [5, 5.41) is -0.370. The normalized spacial score (nSPS) is 14.9. The van der Waals surface area contributed by atoms with Crippen LogP contribution in [0.2, 0.25) is 0 Å². The van der Waals surface area contributed by atoms with Crippen molar-refractivity contribution in [2.24, 2.45) is 0 Å². The van der Waals surface area contributed by atoms with Gasteiger partial charge in [-0.3, -0.25) is 14.5 Å². The van der Waals surface area contributed by atoms with Crippen molar-refractivity contribution in [3.8, 4) is 23.8 Å². The van der Waals surface area contributed by atoms with Gasteiger partial charge in [-0.2, -0.15) is 0 Å². The lowest BCUT2D eigenvalue weighted by Crippen LogP contribution is -2.28. The van der Waals surface area contributed by atoms with E-state index in [9.17, 15) is 9.59 Å². The van der Waals surface area contributed by atoms with Gasteiger partial charge in [-0.05, 0) is 98.7 Å². The molecule has 3 rings (SSSR count). The van der Waals surface area contributed by atoms with E-state index in [1.807, 2.05) is 37.3 Å². The van der Waals surface area contributed by atoms with Crippen molar-refractivity contribution in [1.82, 2.24) is 4.90 Å². The van der Waals surface area contributed by atoms with Crippen LogP contribution in [0.3, 0.4) is 0 Å². The number of imide groups is 1. The van der Waals surface area contributed by atoms with Crippen LogP contribution in [0.4, 0.5) is 4.79 Å². The van der Waals surface area contributed by atoms with E-state index in [0.29, 0.717) is 39.7 Å². The Kier molecular flexibility index (Phi) is 7.86. The Hall–Kier alpha value is -1.96. The minimum atomic E-state index is -0.393. The molecule has 0 aromatic heterocycles. The molecule has 2 aromatic carbocycles. The fourth-order valence-corrected chi connectivity index (χ4v) is 4.46. The molecule has 0 saturated carbocycles. The van der Waals surface area contributed by atoms with Crippen LogP contribution in [-0.2, 0) is 11.4 Å². The van der Waals surface area contributed by atoms with Crippen LogP contribution in [0.15, 0.2) is 45.8 Å². The summed E-state index contributed by atoms with van der Waals surface area (Å²) in [5.74, 6) is 3.06. The Balaban J connectivity index is 1.86. The first kappa shape index (κ1) is 22.7. The molecule has 0 spiro atoms. The molecule has 5 nitrogen and oxygen atoms in total. The van der Waals surface area contributed by atoms with Crippen LogP contribution < -0.4 is 9.47 Å². The highest BCUT2D eigenvalue weighted by atomic mass is 127. The number of benzene rings is 2. The summed E-state index contributed by atoms with van der Waals surface area (Å²) >= 11 is 6.66. The van der Waals surface area contributed by atoms with Gasteiger partial charge in [0.1, 0.15) is 6.61 Å². The van der Waals surface area contributed by atoms with Crippen LogP contribution in [-0.4, -0.2) is 29.2 Å². The van der Waals surface area contributed by atoms with E-state index in [1.165, 1.54) is 0 Å². The number of hydrogen-bond acceptors (Lipinski definition) is 5. The minimum absolute atomic E-state index is 0.0405. The van der Waals surface area contributed by atoms with Crippen LogP contribution in [0.5, 0.6) is 11.5 Å². The lowest BCUT2D eigenvalue weighted by molar-refractivity contribution is -0.122. The van der Waals surface area contributed by atoms with Gasteiger partial charge in [-0.1, -0.05) is 18.1 Å². The van der Waals surface area contributed by atoms with Gasteiger partial charge >= 0.3 is 0 Å². The van der Waals surface area contributed by atoms with Crippen LogP contribution >= 0.6 is 50.3 Å². The van der Waals surface area contributed by atoms with Gasteiger partial charge in [0.05, 0.1) is 22.5 Å². The van der Waals surface area contributed by atoms with Gasteiger partial charge in [-0.15, -0.1) is 6.42 Å². The zero-order valence-corrected chi connectivity index (χ0v) is 20.5. The summed E-state index contributed by atoms with van der Waals surface area (Å²) in [6, 6.07) is 11.7. The van der Waals surface area contributed by atoms with Crippen molar-refractivity contribution in [3.05, 3.63) is 60.5 Å². The highest BCUT2D eigenvalue weighted by Crippen LogP contribution is 2.39. The van der Waals surface area contributed by atoms with Gasteiger partial charge in [-0.25, -0.2) is 0 Å². The zero-order chi connectivity index (χ0) is 21.7. The van der Waals surface area contributed by atoms with Gasteiger partial charge in [0.15, 0.2) is 11.5 Å². The maximum absolute atomic E-state index is 12.4. The molecule has 0 aliphatic carbocycles. The molecule has 0 atom stereocenters. The molecule has 1 fully saturated rings. The van der Waals surface area contributed by atoms with E-state index in [0.717, 1.165) is 25.8 Å². The molecule has 1 heterocycles. The van der Waals surface area contributed by atoms with Crippen molar-refractivity contribution in [3.63, 3.8) is 0 Å². The highest BCUT2D eigenvalue weighted by molar-refractivity contribution is 14.1. The minimum Gasteiger partial charge on any atom is -0.490 e. The predicted molar refractivity (Wildman–Crippen MR) is 130 cm³/mol. The standard InChI is InChI=1S/C22H17BrINO4S/c1-3-9-25-21(26)19(30-22(25)27)12-15-10-17(23)20(18(11-15)28-4-2)29-13-14-5-7-16(24)8-6-14/h1,5-8,10-12H,4,9,13H2,2H3/b19-12+. The first-order valence-corrected chi connectivity index (χ1v) is 11.6. The Morgan fingerprint density at radius 1 is 1.23 bits per heavy atom. The Morgan fingerprint density at radius 3 is 2.63 bits per heavy atom. The fraction of sp³-hybridized carbons (Fsp3) is 0.182. The quantitative estimate of drug-likeness (QED) is 0.233. The third-order valence-electron chi connectivity index (χ3n) is 4.05. The highest BCUT2D eigenvalue weighted by Gasteiger charge is 2.34. The number of amides is 2. The van der Waals surface area contributed by atoms with Crippen molar-refractivity contribution in [2.45, 2.75) is 13.5 Å². The van der Waals surface area contributed by atoms with Crippen LogP contribution in [0, 0.1) is 15.9 Å². The summed E-state index contributed by atoms with van der Waals surface area (Å²) in [6.07, 6.45) is 6.89. The maximum atomic E-state index is 12.4. The lowest BCUT2D eigenvalue weighted by Gasteiger charge is -2.15. The first-order valence-electron chi connectivity index (χ1n) is 8.95. The Labute approximate surface area is 201 Å². The number of ether oxygens (including phenoxy) is 2. The molecule has 1 aliphatic rings. The average molecular weight is 598 g/mol. The number of terminal acetylenes is 1. The molecule has 1 saturated heterocycles. The molecule has 2 aromatic rings. The van der Waals surface area contributed by atoms with E-state index in [4.69, 9.17) is 15.9 Å². The third-order valence-corrected chi connectivity index (χ3v) is 6.26. The molecule has 8 heteroatoms. The van der Waals surface area contributed by atoms with E-state index in [1.54, 1.807) is 12.1 Å². The summed E-state index contributed by atoms with van der Waals surface area (Å²) < 4.78 is 13.6. The van der Waals surface area contributed by atoms with Crippen molar-refractivity contribution >= 4 is 67.5 Å². The topological polar surface area (TPSA) is 55.8 Å². The summed E-state index contributed by atoms with van der Waals surface area (Å²) in [5.41, 5.74) is 1.74. The second kappa shape index (κ2) is 10.4. The molecule has 0 bridgehead atoms. The molecule has 2 amide bonds. The number of thioether (sulfide) groups is 1.